The van der Waals surface area contributed by atoms with Gasteiger partial charge in [0, 0.05) is 12.6 Å². The maximum absolute atomic E-state index is 10.3. The van der Waals surface area contributed by atoms with Crippen LogP contribution in [0.2, 0.25) is 0 Å². The summed E-state index contributed by atoms with van der Waals surface area (Å²) in [5, 5.41) is 20.7. The summed E-state index contributed by atoms with van der Waals surface area (Å²) < 4.78 is 0. The molecule has 60 valence electrons. The first kappa shape index (κ1) is 7.52. The van der Waals surface area contributed by atoms with Crippen LogP contribution in [0.15, 0.2) is 5.10 Å². The van der Waals surface area contributed by atoms with Gasteiger partial charge in [0.25, 0.3) is 0 Å². The first-order valence-corrected chi connectivity index (χ1v) is 2.90. The van der Waals surface area contributed by atoms with Crippen molar-refractivity contribution in [2.24, 2.45) is 5.10 Å². The van der Waals surface area contributed by atoms with Gasteiger partial charge in [0.05, 0.1) is 0 Å². The minimum Gasteiger partial charge on any atom is -0.480 e. The summed E-state index contributed by atoms with van der Waals surface area (Å²) in [6.45, 7) is 0. The Hall–Kier alpha value is -1.59. The summed E-state index contributed by atoms with van der Waals surface area (Å²) >= 11 is 0. The molecular weight excluding hydrogens is 152 g/mol. The quantitative estimate of drug-likeness (QED) is 0.553. The molecule has 1 heterocycles. The van der Waals surface area contributed by atoms with Gasteiger partial charge < -0.3 is 10.2 Å². The molecule has 0 aromatic carbocycles. The monoisotopic (exact) mass is 158 g/mol. The van der Waals surface area contributed by atoms with Crippen molar-refractivity contribution in [2.45, 2.75) is 12.5 Å². The van der Waals surface area contributed by atoms with E-state index in [4.69, 9.17) is 10.2 Å². The number of hydrazone groups is 1. The van der Waals surface area contributed by atoms with E-state index >= 15 is 0 Å². The number of aliphatic carboxylic acids is 1. The lowest BCUT2D eigenvalue weighted by Crippen LogP contribution is -2.37. The van der Waals surface area contributed by atoms with Crippen LogP contribution in [0.5, 0.6) is 0 Å². The van der Waals surface area contributed by atoms with Gasteiger partial charge in [0.1, 0.15) is 0 Å². The summed E-state index contributed by atoms with van der Waals surface area (Å²) in [6, 6.07) is -1.05. The topological polar surface area (TPSA) is 90.2 Å². The molecule has 6 nitrogen and oxygen atoms in total. The lowest BCUT2D eigenvalue weighted by atomic mass is 10.2. The van der Waals surface area contributed by atoms with Gasteiger partial charge in [-0.15, -0.1) is 0 Å². The van der Waals surface area contributed by atoms with Crippen LogP contribution in [0.3, 0.4) is 0 Å². The Kier molecular flexibility index (Phi) is 1.75. The number of carboxylic acids is 1. The molecule has 0 aromatic rings. The van der Waals surface area contributed by atoms with Crippen LogP contribution >= 0.6 is 0 Å². The van der Waals surface area contributed by atoms with Crippen LogP contribution in [0.4, 0.5) is 4.79 Å². The summed E-state index contributed by atoms with van der Waals surface area (Å²) in [6.07, 6.45) is 0.0697. The molecule has 6 heteroatoms. The van der Waals surface area contributed by atoms with Gasteiger partial charge >= 0.3 is 12.1 Å². The molecule has 1 amide bonds. The highest BCUT2D eigenvalue weighted by molar-refractivity contribution is 5.85. The van der Waals surface area contributed by atoms with Crippen molar-refractivity contribution in [1.82, 2.24) is 5.01 Å². The Morgan fingerprint density at radius 3 is 2.55 bits per heavy atom. The van der Waals surface area contributed by atoms with E-state index in [9.17, 15) is 9.59 Å². The third-order valence-electron chi connectivity index (χ3n) is 1.31. The average Bonchev–Trinajstić information content (AvgIpc) is 2.32. The fourth-order valence-corrected chi connectivity index (χ4v) is 0.803. The van der Waals surface area contributed by atoms with E-state index in [1.807, 2.05) is 0 Å². The van der Waals surface area contributed by atoms with Crippen molar-refractivity contribution < 1.29 is 19.8 Å². The molecule has 0 spiro atoms. The number of nitrogens with zero attached hydrogens (tertiary/aromatic N) is 2. The normalized spacial score (nSPS) is 22.2. The van der Waals surface area contributed by atoms with Crippen LogP contribution in [-0.4, -0.2) is 39.5 Å². The standard InChI is InChI=1S/C5H6N2O4/c8-4(9)3-1-2-6-7(3)5(10)11/h2-3H,1H2,(H,8,9)(H,10,11)/t3-/m1/s1. The van der Waals surface area contributed by atoms with E-state index in [2.05, 4.69) is 5.10 Å². The molecule has 0 fully saturated rings. The predicted octanol–water partition coefficient (Wildman–Crippen LogP) is -0.191. The number of hydrogen-bond acceptors (Lipinski definition) is 3. The molecule has 0 bridgehead atoms. The fraction of sp³-hybridized carbons (Fsp3) is 0.400. The van der Waals surface area contributed by atoms with E-state index < -0.39 is 18.1 Å². The van der Waals surface area contributed by atoms with Crippen molar-refractivity contribution in [3.05, 3.63) is 0 Å². The largest absolute Gasteiger partial charge is 0.480 e. The third-order valence-corrected chi connectivity index (χ3v) is 1.31. The van der Waals surface area contributed by atoms with Crippen molar-refractivity contribution in [2.75, 3.05) is 0 Å². The Bertz CT molecular complexity index is 225. The van der Waals surface area contributed by atoms with Crippen LogP contribution in [0.25, 0.3) is 0 Å². The Morgan fingerprint density at radius 2 is 2.18 bits per heavy atom. The molecule has 0 saturated carbocycles. The van der Waals surface area contributed by atoms with Gasteiger partial charge in [-0.3, -0.25) is 0 Å². The second kappa shape index (κ2) is 2.57. The molecule has 2 N–H and O–H groups in total. The number of carbonyl (C=O) groups is 2. The maximum Gasteiger partial charge on any atom is 0.428 e. The zero-order valence-electron chi connectivity index (χ0n) is 5.47. The highest BCUT2D eigenvalue weighted by Gasteiger charge is 2.32. The number of amides is 1. The molecule has 0 aliphatic carbocycles. The minimum absolute atomic E-state index is 0.141. The number of hydrogen-bond donors (Lipinski definition) is 2. The highest BCUT2D eigenvalue weighted by atomic mass is 16.4. The minimum atomic E-state index is -1.34. The molecular formula is C5H6N2O4. The summed E-state index contributed by atoms with van der Waals surface area (Å²) in [4.78, 5) is 20.6. The molecule has 1 rings (SSSR count). The number of carboxylic acid groups (broad SMARTS) is 2. The summed E-state index contributed by atoms with van der Waals surface area (Å²) in [7, 11) is 0. The van der Waals surface area contributed by atoms with Crippen LogP contribution in [-0.2, 0) is 4.79 Å². The zero-order valence-corrected chi connectivity index (χ0v) is 5.47. The SMILES string of the molecule is O=C(O)[C@H]1CC=NN1C(=O)O. The van der Waals surface area contributed by atoms with Gasteiger partial charge in [-0.05, 0) is 0 Å². The van der Waals surface area contributed by atoms with Gasteiger partial charge in [0.2, 0.25) is 0 Å². The van der Waals surface area contributed by atoms with Crippen LogP contribution in [0.1, 0.15) is 6.42 Å². The number of rotatable bonds is 1. The maximum atomic E-state index is 10.3. The van der Waals surface area contributed by atoms with Crippen molar-refractivity contribution in [3.63, 3.8) is 0 Å². The van der Waals surface area contributed by atoms with Gasteiger partial charge in [-0.25, -0.2) is 9.59 Å². The van der Waals surface area contributed by atoms with Gasteiger partial charge in [-0.1, -0.05) is 0 Å². The zero-order chi connectivity index (χ0) is 8.43. The van der Waals surface area contributed by atoms with Crippen molar-refractivity contribution in [3.8, 4) is 0 Å². The second-order valence-electron chi connectivity index (χ2n) is 2.01. The molecule has 0 aromatic heterocycles. The predicted molar refractivity (Wildman–Crippen MR) is 34.4 cm³/mol. The fourth-order valence-electron chi connectivity index (χ4n) is 0.803. The molecule has 1 aliphatic rings. The lowest BCUT2D eigenvalue weighted by Gasteiger charge is -2.13. The Balaban J connectivity index is 2.71. The van der Waals surface area contributed by atoms with E-state index in [-0.39, 0.29) is 6.42 Å². The first-order chi connectivity index (χ1) is 5.13. The van der Waals surface area contributed by atoms with Crippen LogP contribution < -0.4 is 0 Å². The molecule has 0 unspecified atom stereocenters. The molecule has 0 saturated heterocycles. The lowest BCUT2D eigenvalue weighted by molar-refractivity contribution is -0.141. The molecule has 11 heavy (non-hydrogen) atoms. The summed E-state index contributed by atoms with van der Waals surface area (Å²) in [5.74, 6) is -1.18. The Labute approximate surface area is 61.7 Å². The molecule has 1 aliphatic heterocycles. The van der Waals surface area contributed by atoms with Crippen LogP contribution in [0, 0.1) is 0 Å². The van der Waals surface area contributed by atoms with Gasteiger partial charge in [-0.2, -0.15) is 10.1 Å². The molecule has 0 radical (unpaired) electrons. The van der Waals surface area contributed by atoms with E-state index in [0.717, 1.165) is 0 Å². The smallest absolute Gasteiger partial charge is 0.428 e. The van der Waals surface area contributed by atoms with Gasteiger partial charge in [0.15, 0.2) is 6.04 Å². The Morgan fingerprint density at radius 1 is 1.55 bits per heavy atom. The van der Waals surface area contributed by atoms with E-state index in [0.29, 0.717) is 5.01 Å². The van der Waals surface area contributed by atoms with E-state index in [1.165, 1.54) is 6.21 Å². The molecule has 1 atom stereocenters. The van der Waals surface area contributed by atoms with E-state index in [1.54, 1.807) is 0 Å². The van der Waals surface area contributed by atoms with Crippen molar-refractivity contribution >= 4 is 18.3 Å². The highest BCUT2D eigenvalue weighted by Crippen LogP contribution is 2.10. The second-order valence-corrected chi connectivity index (χ2v) is 2.01. The average molecular weight is 158 g/mol. The summed E-state index contributed by atoms with van der Waals surface area (Å²) in [5.41, 5.74) is 0. The first-order valence-electron chi connectivity index (χ1n) is 2.90. The third kappa shape index (κ3) is 1.28. The van der Waals surface area contributed by atoms with Crippen molar-refractivity contribution in [1.29, 1.82) is 0 Å².